The zero-order valence-corrected chi connectivity index (χ0v) is 12.0. The number of hydrogen-bond acceptors (Lipinski definition) is 5. The zero-order chi connectivity index (χ0) is 13.8. The van der Waals surface area contributed by atoms with Crippen LogP contribution in [0.4, 0.5) is 0 Å². The Balaban J connectivity index is 2.21. The van der Waals surface area contributed by atoms with Crippen LogP contribution in [0.25, 0.3) is 11.0 Å². The predicted molar refractivity (Wildman–Crippen MR) is 70.3 cm³/mol. The van der Waals surface area contributed by atoms with E-state index in [1.165, 1.54) is 10.8 Å². The molecule has 1 aliphatic carbocycles. The molecule has 2 aromatic rings. The van der Waals surface area contributed by atoms with Crippen LogP contribution in [-0.4, -0.2) is 35.3 Å². The lowest BCUT2D eigenvalue weighted by molar-refractivity contribution is 0.292. The quantitative estimate of drug-likeness (QED) is 0.860. The van der Waals surface area contributed by atoms with Gasteiger partial charge in [-0.2, -0.15) is 0 Å². The number of hydrogen-bond donors (Lipinski definition) is 0. The Hall–Kier alpha value is -1.34. The van der Waals surface area contributed by atoms with Gasteiger partial charge in [-0.05, 0) is 12.8 Å². The summed E-state index contributed by atoms with van der Waals surface area (Å²) in [6.07, 6.45) is 4.75. The van der Waals surface area contributed by atoms with Crippen LogP contribution in [0.3, 0.4) is 0 Å². The van der Waals surface area contributed by atoms with Crippen LogP contribution in [0, 0.1) is 0 Å². The minimum Gasteiger partial charge on any atom is -0.473 e. The SMILES string of the molecule is Cn1c(S(C)(=O)=O)nc2cnc(OC3CC3)c(Cl)c21. The van der Waals surface area contributed by atoms with Gasteiger partial charge in [-0.15, -0.1) is 0 Å². The number of ether oxygens (including phenoxy) is 1. The number of fused-ring (bicyclic) bond motifs is 1. The Labute approximate surface area is 115 Å². The molecule has 1 aliphatic rings. The van der Waals surface area contributed by atoms with Crippen molar-refractivity contribution < 1.29 is 13.2 Å². The smallest absolute Gasteiger partial charge is 0.235 e. The molecular weight excluding hydrogens is 290 g/mol. The number of imidazole rings is 1. The van der Waals surface area contributed by atoms with E-state index < -0.39 is 9.84 Å². The third-order valence-electron chi connectivity index (χ3n) is 2.92. The van der Waals surface area contributed by atoms with Crippen LogP contribution in [0.1, 0.15) is 12.8 Å². The van der Waals surface area contributed by atoms with E-state index in [4.69, 9.17) is 16.3 Å². The third kappa shape index (κ3) is 2.17. The number of halogens is 1. The van der Waals surface area contributed by atoms with Crippen molar-refractivity contribution >= 4 is 32.5 Å². The van der Waals surface area contributed by atoms with Gasteiger partial charge in [0, 0.05) is 13.3 Å². The first-order valence-corrected chi connectivity index (χ1v) is 8.02. The van der Waals surface area contributed by atoms with Gasteiger partial charge in [0.1, 0.15) is 16.6 Å². The Morgan fingerprint density at radius 3 is 2.74 bits per heavy atom. The molecule has 0 spiro atoms. The minimum absolute atomic E-state index is 0.0326. The molecule has 0 saturated heterocycles. The molecule has 0 amide bonds. The van der Waals surface area contributed by atoms with Crippen LogP contribution in [-0.2, 0) is 16.9 Å². The number of sulfone groups is 1. The number of rotatable bonds is 3. The van der Waals surface area contributed by atoms with Crippen molar-refractivity contribution in [2.45, 2.75) is 24.1 Å². The second kappa shape index (κ2) is 4.08. The summed E-state index contributed by atoms with van der Waals surface area (Å²) in [5.41, 5.74) is 0.962. The van der Waals surface area contributed by atoms with E-state index in [0.29, 0.717) is 21.9 Å². The number of nitrogens with zero attached hydrogens (tertiary/aromatic N) is 3. The highest BCUT2D eigenvalue weighted by Crippen LogP contribution is 2.35. The zero-order valence-electron chi connectivity index (χ0n) is 10.4. The predicted octanol–water partition coefficient (Wildman–Crippen LogP) is 1.57. The van der Waals surface area contributed by atoms with Crippen molar-refractivity contribution in [2.24, 2.45) is 7.05 Å². The fourth-order valence-corrected chi connectivity index (χ4v) is 3.05. The van der Waals surface area contributed by atoms with Crippen molar-refractivity contribution in [3.8, 4) is 5.88 Å². The van der Waals surface area contributed by atoms with Crippen molar-refractivity contribution in [2.75, 3.05) is 6.26 Å². The molecule has 1 saturated carbocycles. The van der Waals surface area contributed by atoms with Gasteiger partial charge in [0.15, 0.2) is 0 Å². The summed E-state index contributed by atoms with van der Waals surface area (Å²) in [5.74, 6) is 0.333. The monoisotopic (exact) mass is 301 g/mol. The maximum absolute atomic E-state index is 11.6. The molecule has 1 fully saturated rings. The first kappa shape index (κ1) is 12.7. The van der Waals surface area contributed by atoms with Gasteiger partial charge in [0.05, 0.1) is 11.7 Å². The summed E-state index contributed by atoms with van der Waals surface area (Å²) < 4.78 is 30.3. The van der Waals surface area contributed by atoms with Gasteiger partial charge in [-0.25, -0.2) is 18.4 Å². The Morgan fingerprint density at radius 2 is 2.16 bits per heavy atom. The van der Waals surface area contributed by atoms with Gasteiger partial charge in [-0.3, -0.25) is 0 Å². The molecule has 0 atom stereocenters. The van der Waals surface area contributed by atoms with Gasteiger partial charge in [0.2, 0.25) is 20.9 Å². The lowest BCUT2D eigenvalue weighted by atomic mass is 10.4. The highest BCUT2D eigenvalue weighted by molar-refractivity contribution is 7.90. The first-order chi connectivity index (χ1) is 8.88. The number of aromatic nitrogens is 3. The molecule has 8 heteroatoms. The molecule has 0 aromatic carbocycles. The largest absolute Gasteiger partial charge is 0.473 e. The molecule has 0 N–H and O–H groups in total. The second-order valence-electron chi connectivity index (χ2n) is 4.65. The van der Waals surface area contributed by atoms with Crippen molar-refractivity contribution in [3.05, 3.63) is 11.2 Å². The second-order valence-corrected chi connectivity index (χ2v) is 6.94. The van der Waals surface area contributed by atoms with E-state index >= 15 is 0 Å². The molecule has 0 aliphatic heterocycles. The summed E-state index contributed by atoms with van der Waals surface area (Å²) in [5, 5.41) is 0.268. The molecule has 102 valence electrons. The van der Waals surface area contributed by atoms with Crippen LogP contribution < -0.4 is 4.74 Å². The van der Waals surface area contributed by atoms with Gasteiger partial charge < -0.3 is 9.30 Å². The summed E-state index contributed by atoms with van der Waals surface area (Å²) in [6.45, 7) is 0. The molecule has 2 heterocycles. The average molecular weight is 302 g/mol. The van der Waals surface area contributed by atoms with Crippen LogP contribution >= 0.6 is 11.6 Å². The third-order valence-corrected chi connectivity index (χ3v) is 4.28. The molecule has 0 radical (unpaired) electrons. The van der Waals surface area contributed by atoms with E-state index in [1.54, 1.807) is 7.05 Å². The lowest BCUT2D eigenvalue weighted by Crippen LogP contribution is -2.06. The Bertz CT molecular complexity index is 765. The maximum atomic E-state index is 11.6. The molecule has 2 aromatic heterocycles. The molecule has 3 rings (SSSR count). The maximum Gasteiger partial charge on any atom is 0.235 e. The number of pyridine rings is 1. The first-order valence-electron chi connectivity index (χ1n) is 5.75. The number of aryl methyl sites for hydroxylation is 1. The Kier molecular flexibility index (Phi) is 2.72. The molecule has 19 heavy (non-hydrogen) atoms. The highest BCUT2D eigenvalue weighted by Gasteiger charge is 2.27. The van der Waals surface area contributed by atoms with Crippen LogP contribution in [0.2, 0.25) is 5.02 Å². The molecule has 0 bridgehead atoms. The summed E-state index contributed by atoms with van der Waals surface area (Å²) >= 11 is 6.24. The van der Waals surface area contributed by atoms with E-state index in [9.17, 15) is 8.42 Å². The standard InChI is InChI=1S/C11H12ClN3O3S/c1-15-9-7(14-11(15)19(2,16)17)5-13-10(8(9)12)18-6-3-4-6/h5-6H,3-4H2,1-2H3. The normalized spacial score (nSPS) is 15.9. The highest BCUT2D eigenvalue weighted by atomic mass is 35.5. The lowest BCUT2D eigenvalue weighted by Gasteiger charge is -2.06. The Morgan fingerprint density at radius 1 is 1.47 bits per heavy atom. The van der Waals surface area contributed by atoms with E-state index in [1.807, 2.05) is 0 Å². The van der Waals surface area contributed by atoms with Crippen molar-refractivity contribution in [1.29, 1.82) is 0 Å². The van der Waals surface area contributed by atoms with Gasteiger partial charge in [-0.1, -0.05) is 11.6 Å². The molecule has 6 nitrogen and oxygen atoms in total. The van der Waals surface area contributed by atoms with Gasteiger partial charge >= 0.3 is 0 Å². The molecular formula is C11H12ClN3O3S. The summed E-state index contributed by atoms with van der Waals surface area (Å²) in [4.78, 5) is 8.15. The van der Waals surface area contributed by atoms with E-state index in [-0.39, 0.29) is 11.3 Å². The van der Waals surface area contributed by atoms with E-state index in [2.05, 4.69) is 9.97 Å². The van der Waals surface area contributed by atoms with E-state index in [0.717, 1.165) is 19.1 Å². The minimum atomic E-state index is -3.41. The molecule has 0 unspecified atom stereocenters. The van der Waals surface area contributed by atoms with Crippen molar-refractivity contribution in [3.63, 3.8) is 0 Å². The summed E-state index contributed by atoms with van der Waals surface area (Å²) in [7, 11) is -1.80. The van der Waals surface area contributed by atoms with Crippen LogP contribution in [0.15, 0.2) is 11.4 Å². The average Bonchev–Trinajstić information content (AvgIpc) is 3.04. The topological polar surface area (TPSA) is 74.1 Å². The fraction of sp³-hybridized carbons (Fsp3) is 0.455. The fourth-order valence-electron chi connectivity index (χ4n) is 1.88. The van der Waals surface area contributed by atoms with Gasteiger partial charge in [0.25, 0.3) is 0 Å². The van der Waals surface area contributed by atoms with Crippen LogP contribution in [0.5, 0.6) is 5.88 Å². The summed E-state index contributed by atoms with van der Waals surface area (Å²) in [6, 6.07) is 0. The van der Waals surface area contributed by atoms with Crippen molar-refractivity contribution in [1.82, 2.24) is 14.5 Å².